The van der Waals surface area contributed by atoms with Gasteiger partial charge in [0, 0.05) is 25.2 Å². The van der Waals surface area contributed by atoms with Gasteiger partial charge < -0.3 is 9.64 Å². The summed E-state index contributed by atoms with van der Waals surface area (Å²) in [6.07, 6.45) is 5.27. The van der Waals surface area contributed by atoms with E-state index in [0.717, 1.165) is 6.26 Å². The number of aryl methyl sites for hydroxylation is 1. The molecule has 1 aliphatic heterocycles. The van der Waals surface area contributed by atoms with Gasteiger partial charge in [0.2, 0.25) is 0 Å². The van der Waals surface area contributed by atoms with E-state index >= 15 is 0 Å². The van der Waals surface area contributed by atoms with Crippen molar-refractivity contribution in [3.8, 4) is 0 Å². The van der Waals surface area contributed by atoms with Crippen molar-refractivity contribution in [1.29, 1.82) is 0 Å². The Morgan fingerprint density at radius 2 is 2.04 bits per heavy atom. The Morgan fingerprint density at radius 3 is 2.71 bits per heavy atom. The highest BCUT2D eigenvalue weighted by molar-refractivity contribution is 7.90. The molecule has 1 fully saturated rings. The van der Waals surface area contributed by atoms with Crippen molar-refractivity contribution in [3.05, 3.63) is 35.7 Å². The molecule has 1 aliphatic rings. The highest BCUT2D eigenvalue weighted by Crippen LogP contribution is 2.28. The standard InChI is InChI=1S/C14H17N5O4S/c1-9-15-5-10(6-16-9)14(20)19-3-4-23-8-11(19)13-12(7-17-18-13)24(2,21)22/h5-7,11H,3-4,8H2,1-2H3,(H,17,18)/t11-/m1/s1. The Kier molecular flexibility index (Phi) is 4.33. The Morgan fingerprint density at radius 1 is 1.33 bits per heavy atom. The number of ether oxygens (including phenoxy) is 1. The first-order chi connectivity index (χ1) is 11.4. The van der Waals surface area contributed by atoms with Crippen molar-refractivity contribution in [2.75, 3.05) is 26.0 Å². The van der Waals surface area contributed by atoms with Crippen LogP contribution in [0, 0.1) is 6.92 Å². The molecule has 10 heteroatoms. The topological polar surface area (TPSA) is 118 Å². The van der Waals surface area contributed by atoms with E-state index in [-0.39, 0.29) is 17.4 Å². The molecule has 3 heterocycles. The zero-order valence-electron chi connectivity index (χ0n) is 13.3. The molecule has 2 aromatic heterocycles. The van der Waals surface area contributed by atoms with Crippen LogP contribution in [0.2, 0.25) is 0 Å². The average Bonchev–Trinajstić information content (AvgIpc) is 3.05. The zero-order valence-corrected chi connectivity index (χ0v) is 14.1. The number of aromatic amines is 1. The molecule has 0 radical (unpaired) electrons. The van der Waals surface area contributed by atoms with Crippen molar-refractivity contribution in [2.24, 2.45) is 0 Å². The van der Waals surface area contributed by atoms with Crippen LogP contribution < -0.4 is 0 Å². The van der Waals surface area contributed by atoms with Crippen LogP contribution in [0.3, 0.4) is 0 Å². The molecule has 2 aromatic rings. The van der Waals surface area contributed by atoms with Crippen LogP contribution in [-0.4, -0.2) is 65.4 Å². The quantitative estimate of drug-likeness (QED) is 0.834. The van der Waals surface area contributed by atoms with Crippen molar-refractivity contribution in [3.63, 3.8) is 0 Å². The summed E-state index contributed by atoms with van der Waals surface area (Å²) in [6, 6.07) is -0.570. The summed E-state index contributed by atoms with van der Waals surface area (Å²) >= 11 is 0. The van der Waals surface area contributed by atoms with E-state index in [0.29, 0.717) is 30.2 Å². The van der Waals surface area contributed by atoms with E-state index in [1.807, 2.05) is 0 Å². The Bertz CT molecular complexity index is 846. The summed E-state index contributed by atoms with van der Waals surface area (Å²) in [5, 5.41) is 6.51. The molecule has 1 atom stereocenters. The molecule has 1 amide bonds. The minimum Gasteiger partial charge on any atom is -0.377 e. The Balaban J connectivity index is 1.96. The van der Waals surface area contributed by atoms with Crippen molar-refractivity contribution < 1.29 is 17.9 Å². The molecule has 1 N–H and O–H groups in total. The first-order valence-corrected chi connectivity index (χ1v) is 9.17. The summed E-state index contributed by atoms with van der Waals surface area (Å²) in [5.74, 6) is 0.287. The molecular formula is C14H17N5O4S. The molecule has 3 rings (SSSR count). The second-order valence-electron chi connectivity index (χ2n) is 5.53. The Hall–Kier alpha value is -2.33. The number of hydrogen-bond acceptors (Lipinski definition) is 7. The first kappa shape index (κ1) is 16.5. The molecule has 0 aromatic carbocycles. The van der Waals surface area contributed by atoms with E-state index in [2.05, 4.69) is 20.2 Å². The van der Waals surface area contributed by atoms with Gasteiger partial charge in [0.25, 0.3) is 5.91 Å². The molecule has 0 spiro atoms. The third kappa shape index (κ3) is 3.15. The largest absolute Gasteiger partial charge is 0.377 e. The molecule has 0 aliphatic carbocycles. The second kappa shape index (κ2) is 6.29. The summed E-state index contributed by atoms with van der Waals surface area (Å²) in [5.41, 5.74) is 0.687. The summed E-state index contributed by atoms with van der Waals surface area (Å²) in [6.45, 7) is 2.62. The third-order valence-corrected chi connectivity index (χ3v) is 4.91. The number of H-pyrrole nitrogens is 1. The maximum absolute atomic E-state index is 12.8. The van der Waals surface area contributed by atoms with E-state index in [4.69, 9.17) is 4.74 Å². The number of nitrogens with zero attached hydrogens (tertiary/aromatic N) is 4. The number of aromatic nitrogens is 4. The molecule has 24 heavy (non-hydrogen) atoms. The molecule has 0 bridgehead atoms. The van der Waals surface area contributed by atoms with Crippen molar-refractivity contribution in [1.82, 2.24) is 25.1 Å². The number of amides is 1. The number of nitrogens with one attached hydrogen (secondary N) is 1. The van der Waals surface area contributed by atoms with Gasteiger partial charge in [-0.2, -0.15) is 5.10 Å². The number of carbonyl (C=O) groups is 1. The van der Waals surface area contributed by atoms with Gasteiger partial charge in [0.15, 0.2) is 9.84 Å². The van der Waals surface area contributed by atoms with E-state index in [9.17, 15) is 13.2 Å². The van der Waals surface area contributed by atoms with E-state index in [1.165, 1.54) is 18.6 Å². The number of hydrogen-bond donors (Lipinski definition) is 1. The SMILES string of the molecule is Cc1ncc(C(=O)N2CCOC[C@@H]2c2[nH]ncc2S(C)(=O)=O)cn1. The molecular weight excluding hydrogens is 334 g/mol. The highest BCUT2D eigenvalue weighted by Gasteiger charge is 2.34. The van der Waals surface area contributed by atoms with E-state index < -0.39 is 15.9 Å². The highest BCUT2D eigenvalue weighted by atomic mass is 32.2. The predicted octanol–water partition coefficient (Wildman–Crippen LogP) is 0.125. The van der Waals surface area contributed by atoms with Gasteiger partial charge in [-0.1, -0.05) is 0 Å². The van der Waals surface area contributed by atoms with Gasteiger partial charge in [-0.15, -0.1) is 0 Å². The van der Waals surface area contributed by atoms with Crippen LogP contribution in [-0.2, 0) is 14.6 Å². The van der Waals surface area contributed by atoms with Crippen molar-refractivity contribution >= 4 is 15.7 Å². The smallest absolute Gasteiger partial charge is 0.257 e. The summed E-state index contributed by atoms with van der Waals surface area (Å²) in [7, 11) is -3.47. The maximum atomic E-state index is 12.8. The monoisotopic (exact) mass is 351 g/mol. The van der Waals surface area contributed by atoms with Crippen LogP contribution in [0.25, 0.3) is 0 Å². The van der Waals surface area contributed by atoms with Crippen molar-refractivity contribution in [2.45, 2.75) is 17.9 Å². The lowest BCUT2D eigenvalue weighted by molar-refractivity contribution is -0.00473. The Labute approximate surface area is 139 Å². The van der Waals surface area contributed by atoms with Gasteiger partial charge in [0.05, 0.1) is 36.7 Å². The summed E-state index contributed by atoms with van der Waals surface area (Å²) < 4.78 is 29.3. The number of morpholine rings is 1. The average molecular weight is 351 g/mol. The molecule has 9 nitrogen and oxygen atoms in total. The fraction of sp³-hybridized carbons (Fsp3) is 0.429. The first-order valence-electron chi connectivity index (χ1n) is 7.28. The van der Waals surface area contributed by atoms with Gasteiger partial charge in [0.1, 0.15) is 10.7 Å². The van der Waals surface area contributed by atoms with Crippen LogP contribution >= 0.6 is 0 Å². The van der Waals surface area contributed by atoms with Crippen LogP contribution in [0.4, 0.5) is 0 Å². The maximum Gasteiger partial charge on any atom is 0.257 e. The number of rotatable bonds is 3. The van der Waals surface area contributed by atoms with Gasteiger partial charge in [-0.05, 0) is 6.92 Å². The lowest BCUT2D eigenvalue weighted by atomic mass is 10.1. The number of carbonyl (C=O) groups excluding carboxylic acids is 1. The lowest BCUT2D eigenvalue weighted by Crippen LogP contribution is -2.44. The zero-order chi connectivity index (χ0) is 17.3. The fourth-order valence-electron chi connectivity index (χ4n) is 2.57. The van der Waals surface area contributed by atoms with E-state index in [1.54, 1.807) is 11.8 Å². The van der Waals surface area contributed by atoms with Crippen LogP contribution in [0.5, 0.6) is 0 Å². The third-order valence-electron chi connectivity index (χ3n) is 3.78. The minimum atomic E-state index is -3.47. The number of sulfone groups is 1. The van der Waals surface area contributed by atoms with Gasteiger partial charge in [-0.3, -0.25) is 9.89 Å². The predicted molar refractivity (Wildman–Crippen MR) is 83.1 cm³/mol. The van der Waals surface area contributed by atoms with Gasteiger partial charge in [-0.25, -0.2) is 18.4 Å². The second-order valence-corrected chi connectivity index (χ2v) is 7.51. The summed E-state index contributed by atoms with van der Waals surface area (Å²) in [4.78, 5) is 22.5. The van der Waals surface area contributed by atoms with Crippen LogP contribution in [0.15, 0.2) is 23.5 Å². The van der Waals surface area contributed by atoms with Crippen LogP contribution in [0.1, 0.15) is 27.9 Å². The normalized spacial score (nSPS) is 18.6. The molecule has 0 unspecified atom stereocenters. The minimum absolute atomic E-state index is 0.0657. The molecule has 0 saturated carbocycles. The molecule has 1 saturated heterocycles. The fourth-order valence-corrected chi connectivity index (χ4v) is 3.40. The molecule has 128 valence electrons. The lowest BCUT2D eigenvalue weighted by Gasteiger charge is -2.35. The van der Waals surface area contributed by atoms with Gasteiger partial charge >= 0.3 is 0 Å².